The number of pyridine rings is 1. The van der Waals surface area contributed by atoms with Gasteiger partial charge >= 0.3 is 11.7 Å². The van der Waals surface area contributed by atoms with Gasteiger partial charge in [0.1, 0.15) is 5.82 Å². The highest BCUT2D eigenvalue weighted by molar-refractivity contribution is 8.00. The van der Waals surface area contributed by atoms with Gasteiger partial charge in [-0.05, 0) is 42.1 Å². The average molecular weight is 472 g/mol. The van der Waals surface area contributed by atoms with E-state index in [9.17, 15) is 39.6 Å². The third-order valence-corrected chi connectivity index (χ3v) is 6.33. The molecule has 5 nitrogen and oxygen atoms in total. The van der Waals surface area contributed by atoms with Crippen LogP contribution >= 0.6 is 11.8 Å². The Labute approximate surface area is 172 Å². The van der Waals surface area contributed by atoms with Crippen LogP contribution in [0.25, 0.3) is 0 Å². The lowest BCUT2D eigenvalue weighted by molar-refractivity contribution is -0.137. The van der Waals surface area contributed by atoms with Crippen LogP contribution in [-0.2, 0) is 16.0 Å². The summed E-state index contributed by atoms with van der Waals surface area (Å²) in [6, 6.07) is 3.87. The molecular weight excluding hydrogens is 458 g/mol. The van der Waals surface area contributed by atoms with E-state index in [0.29, 0.717) is 12.1 Å². The number of alkyl halides is 6. The zero-order valence-corrected chi connectivity index (χ0v) is 17.0. The van der Waals surface area contributed by atoms with Crippen molar-refractivity contribution < 1.29 is 39.6 Å². The molecule has 0 atom stereocenters. The van der Waals surface area contributed by atoms with Crippen LogP contribution < -0.4 is 4.90 Å². The molecule has 1 aromatic heterocycles. The number of amides is 1. The van der Waals surface area contributed by atoms with Crippen molar-refractivity contribution in [2.45, 2.75) is 28.4 Å². The van der Waals surface area contributed by atoms with Crippen LogP contribution in [0.5, 0.6) is 0 Å². The molecule has 0 aliphatic rings. The molecule has 164 valence electrons. The first kappa shape index (κ1) is 24.0. The minimum Gasteiger partial charge on any atom is -0.296 e. The minimum absolute atomic E-state index is 0.119. The normalized spacial score (nSPS) is 12.7. The van der Waals surface area contributed by atoms with Crippen LogP contribution in [0.3, 0.4) is 0 Å². The zero-order valence-electron chi connectivity index (χ0n) is 15.4. The SMILES string of the molecule is CCS(=O)(=O)c1cc(C(F)(F)F)ccc1C(=O)N(C)c1ccc(SC(F)(F)F)cn1. The predicted molar refractivity (Wildman–Crippen MR) is 98.1 cm³/mol. The first-order chi connectivity index (χ1) is 13.7. The Morgan fingerprint density at radius 3 is 2.20 bits per heavy atom. The highest BCUT2D eigenvalue weighted by Crippen LogP contribution is 2.37. The number of thioether (sulfide) groups is 1. The highest BCUT2D eigenvalue weighted by atomic mass is 32.2. The third kappa shape index (κ3) is 5.65. The molecule has 1 aromatic carbocycles. The van der Waals surface area contributed by atoms with Gasteiger partial charge in [0, 0.05) is 18.1 Å². The Kier molecular flexibility index (Phi) is 6.76. The van der Waals surface area contributed by atoms with Crippen molar-refractivity contribution in [2.24, 2.45) is 0 Å². The van der Waals surface area contributed by atoms with Crippen molar-refractivity contribution >= 4 is 33.3 Å². The molecule has 0 radical (unpaired) electrons. The number of aromatic nitrogens is 1. The Bertz CT molecular complexity index is 1030. The second-order valence-electron chi connectivity index (χ2n) is 5.88. The number of hydrogen-bond acceptors (Lipinski definition) is 5. The van der Waals surface area contributed by atoms with Crippen molar-refractivity contribution in [3.63, 3.8) is 0 Å². The lowest BCUT2D eigenvalue weighted by atomic mass is 10.1. The number of benzene rings is 1. The van der Waals surface area contributed by atoms with Crippen molar-refractivity contribution in [2.75, 3.05) is 17.7 Å². The molecule has 0 N–H and O–H groups in total. The molecule has 1 heterocycles. The van der Waals surface area contributed by atoms with Crippen molar-refractivity contribution in [3.05, 3.63) is 47.7 Å². The summed E-state index contributed by atoms with van der Waals surface area (Å²) < 4.78 is 101. The van der Waals surface area contributed by atoms with E-state index in [1.165, 1.54) is 14.0 Å². The number of rotatable bonds is 5. The summed E-state index contributed by atoms with van der Waals surface area (Å²) in [4.78, 5) is 16.3. The van der Waals surface area contributed by atoms with Gasteiger partial charge in [0.05, 0.1) is 21.8 Å². The van der Waals surface area contributed by atoms with E-state index >= 15 is 0 Å². The van der Waals surface area contributed by atoms with Crippen LogP contribution in [0.1, 0.15) is 22.8 Å². The number of anilines is 1. The molecule has 2 aromatic rings. The maximum absolute atomic E-state index is 13.0. The molecule has 1 amide bonds. The maximum Gasteiger partial charge on any atom is 0.446 e. The fourth-order valence-corrected chi connectivity index (χ4v) is 3.95. The molecule has 0 saturated carbocycles. The summed E-state index contributed by atoms with van der Waals surface area (Å²) in [6.07, 6.45) is -3.95. The second-order valence-corrected chi connectivity index (χ2v) is 9.26. The summed E-state index contributed by atoms with van der Waals surface area (Å²) in [5.41, 5.74) is -6.28. The third-order valence-electron chi connectivity index (χ3n) is 3.86. The molecule has 0 fully saturated rings. The minimum atomic E-state index is -4.82. The molecule has 13 heteroatoms. The monoisotopic (exact) mass is 472 g/mol. The van der Waals surface area contributed by atoms with Crippen LogP contribution in [0.4, 0.5) is 32.2 Å². The van der Waals surface area contributed by atoms with Crippen molar-refractivity contribution in [1.29, 1.82) is 0 Å². The van der Waals surface area contributed by atoms with E-state index in [2.05, 4.69) is 4.98 Å². The van der Waals surface area contributed by atoms with Gasteiger partial charge in [-0.2, -0.15) is 26.3 Å². The first-order valence-electron chi connectivity index (χ1n) is 8.09. The zero-order chi connectivity index (χ0) is 22.9. The van der Waals surface area contributed by atoms with E-state index < -0.39 is 61.0 Å². The molecule has 0 spiro atoms. The molecule has 0 saturated heterocycles. The standard InChI is InChI=1S/C17H14F6N2O3S2/c1-3-30(27,28)13-8-10(16(18,19)20)4-6-12(13)15(26)25(2)14-7-5-11(9-24-14)29-17(21,22)23/h4-9H,3H2,1-2H3. The molecule has 0 aliphatic carbocycles. The molecule has 0 aliphatic heterocycles. The number of carbonyl (C=O) groups excluding carboxylic acids is 1. The van der Waals surface area contributed by atoms with E-state index in [1.807, 2.05) is 0 Å². The van der Waals surface area contributed by atoms with Gasteiger partial charge in [-0.15, -0.1) is 0 Å². The Morgan fingerprint density at radius 2 is 1.73 bits per heavy atom. The summed E-state index contributed by atoms with van der Waals surface area (Å²) >= 11 is -0.413. The number of nitrogens with zero attached hydrogens (tertiary/aromatic N) is 2. The number of hydrogen-bond donors (Lipinski definition) is 0. The average Bonchev–Trinajstić information content (AvgIpc) is 2.65. The van der Waals surface area contributed by atoms with Crippen LogP contribution in [0.2, 0.25) is 0 Å². The van der Waals surface area contributed by atoms with Gasteiger partial charge < -0.3 is 0 Å². The van der Waals surface area contributed by atoms with Crippen LogP contribution in [-0.4, -0.2) is 37.6 Å². The number of carbonyl (C=O) groups is 1. The summed E-state index contributed by atoms with van der Waals surface area (Å²) in [7, 11) is -3.03. The van der Waals surface area contributed by atoms with E-state index in [4.69, 9.17) is 0 Å². The van der Waals surface area contributed by atoms with Crippen LogP contribution in [0, 0.1) is 0 Å². The molecule has 0 unspecified atom stereocenters. The number of sulfone groups is 1. The summed E-state index contributed by atoms with van der Waals surface area (Å²) in [5, 5.41) is 0. The lowest BCUT2D eigenvalue weighted by Crippen LogP contribution is -2.29. The smallest absolute Gasteiger partial charge is 0.296 e. The molecular formula is C17H14F6N2O3S2. The largest absolute Gasteiger partial charge is 0.446 e. The summed E-state index contributed by atoms with van der Waals surface area (Å²) in [5.74, 6) is -1.65. The lowest BCUT2D eigenvalue weighted by Gasteiger charge is -2.19. The van der Waals surface area contributed by atoms with E-state index in [-0.39, 0.29) is 10.7 Å². The van der Waals surface area contributed by atoms with E-state index in [0.717, 1.165) is 29.3 Å². The van der Waals surface area contributed by atoms with Crippen molar-refractivity contribution in [3.8, 4) is 0 Å². The Hall–Kier alpha value is -2.28. The Balaban J connectivity index is 2.44. The van der Waals surface area contributed by atoms with Crippen LogP contribution in [0.15, 0.2) is 46.3 Å². The van der Waals surface area contributed by atoms with Gasteiger partial charge in [-0.25, -0.2) is 13.4 Å². The Morgan fingerprint density at radius 1 is 1.10 bits per heavy atom. The van der Waals surface area contributed by atoms with Gasteiger partial charge in [-0.3, -0.25) is 9.69 Å². The van der Waals surface area contributed by atoms with Crippen molar-refractivity contribution in [1.82, 2.24) is 4.98 Å². The van der Waals surface area contributed by atoms with E-state index in [1.54, 1.807) is 0 Å². The molecule has 0 bridgehead atoms. The predicted octanol–water partition coefficient (Wildman–Crippen LogP) is 4.78. The summed E-state index contributed by atoms with van der Waals surface area (Å²) in [6.45, 7) is 1.21. The number of halogens is 6. The first-order valence-corrected chi connectivity index (χ1v) is 10.6. The quantitative estimate of drug-likeness (QED) is 0.463. The molecule has 2 rings (SSSR count). The fraction of sp³-hybridized carbons (Fsp3) is 0.294. The topological polar surface area (TPSA) is 67.3 Å². The van der Waals surface area contributed by atoms with Gasteiger partial charge in [0.25, 0.3) is 5.91 Å². The van der Waals surface area contributed by atoms with Gasteiger partial charge in [-0.1, -0.05) is 6.92 Å². The maximum atomic E-state index is 13.0. The highest BCUT2D eigenvalue weighted by Gasteiger charge is 2.34. The second kappa shape index (κ2) is 8.46. The van der Waals surface area contributed by atoms with Gasteiger partial charge in [0.15, 0.2) is 9.84 Å². The van der Waals surface area contributed by atoms with Gasteiger partial charge in [0.2, 0.25) is 0 Å². The fourth-order valence-electron chi connectivity index (χ4n) is 2.34. The molecule has 30 heavy (non-hydrogen) atoms.